The van der Waals surface area contributed by atoms with Crippen LogP contribution < -0.4 is 0 Å². The smallest absolute Gasteiger partial charge is 0.201 e. The molecule has 0 aromatic carbocycles. The molecule has 0 aliphatic heterocycles. The number of rotatable bonds is 3. The van der Waals surface area contributed by atoms with Gasteiger partial charge >= 0.3 is 0 Å². The molecule has 0 saturated heterocycles. The van der Waals surface area contributed by atoms with Gasteiger partial charge in [0.2, 0.25) is 5.78 Å². The van der Waals surface area contributed by atoms with Crippen molar-refractivity contribution in [3.8, 4) is 0 Å². The van der Waals surface area contributed by atoms with Crippen LogP contribution in [0.25, 0.3) is 4.48 Å². The molecule has 2 nitrogen and oxygen atoms in total. The summed E-state index contributed by atoms with van der Waals surface area (Å²) >= 11 is 7.98. The van der Waals surface area contributed by atoms with Gasteiger partial charge in [0.25, 0.3) is 0 Å². The summed E-state index contributed by atoms with van der Waals surface area (Å²) in [6.07, 6.45) is 1.95. The van der Waals surface area contributed by atoms with Crippen molar-refractivity contribution in [3.63, 3.8) is 0 Å². The minimum Gasteiger partial charge on any atom is -0.291 e. The number of thiazole rings is 1. The van der Waals surface area contributed by atoms with Crippen LogP contribution in [-0.4, -0.2) is 16.1 Å². The van der Waals surface area contributed by atoms with Gasteiger partial charge in [-0.3, -0.25) is 4.79 Å². The summed E-state index contributed by atoms with van der Waals surface area (Å²) in [6, 6.07) is 0. The lowest BCUT2D eigenvalue weighted by atomic mass is 10.3. The van der Waals surface area contributed by atoms with Crippen molar-refractivity contribution in [2.75, 3.05) is 5.33 Å². The van der Waals surface area contributed by atoms with E-state index in [4.69, 9.17) is 0 Å². The molecule has 0 radical (unpaired) electrons. The van der Waals surface area contributed by atoms with Crippen molar-refractivity contribution in [2.45, 2.75) is 13.8 Å². The molecular formula is C9H9Br2NOS. The van der Waals surface area contributed by atoms with Gasteiger partial charge < -0.3 is 0 Å². The molecule has 1 rings (SSSR count). The number of nitrogens with zero attached hydrogens (tertiary/aromatic N) is 1. The van der Waals surface area contributed by atoms with E-state index in [9.17, 15) is 4.79 Å². The number of aryl methyl sites for hydroxylation is 1. The number of aromatic nitrogens is 1. The second kappa shape index (κ2) is 5.19. The summed E-state index contributed by atoms with van der Waals surface area (Å²) < 4.78 is 0.987. The lowest BCUT2D eigenvalue weighted by Gasteiger charge is -1.92. The molecule has 0 bridgehead atoms. The quantitative estimate of drug-likeness (QED) is 0.620. The van der Waals surface area contributed by atoms with Crippen LogP contribution in [0.15, 0.2) is 6.08 Å². The van der Waals surface area contributed by atoms with Gasteiger partial charge in [-0.1, -0.05) is 22.0 Å². The number of alkyl halides is 1. The lowest BCUT2D eigenvalue weighted by Crippen LogP contribution is -1.98. The summed E-state index contributed by atoms with van der Waals surface area (Å²) in [6.45, 7) is 3.84. The molecule has 0 fully saturated rings. The Morgan fingerprint density at radius 1 is 1.64 bits per heavy atom. The molecule has 0 atom stereocenters. The molecule has 0 unspecified atom stereocenters. The average molecular weight is 339 g/mol. The summed E-state index contributed by atoms with van der Waals surface area (Å²) in [5, 5.41) is 0.889. The van der Waals surface area contributed by atoms with Crippen LogP contribution in [0, 0.1) is 6.92 Å². The molecule has 0 aliphatic carbocycles. The predicted octanol–water partition coefficient (Wildman–Crippen LogP) is 3.78. The van der Waals surface area contributed by atoms with Gasteiger partial charge in [0.1, 0.15) is 0 Å². The van der Waals surface area contributed by atoms with E-state index in [1.165, 1.54) is 11.3 Å². The van der Waals surface area contributed by atoms with E-state index >= 15 is 0 Å². The van der Waals surface area contributed by atoms with E-state index in [0.717, 1.165) is 15.1 Å². The van der Waals surface area contributed by atoms with Crippen molar-refractivity contribution in [1.82, 2.24) is 4.98 Å². The Hall–Kier alpha value is -0.000000000000000111. The second-order valence-corrected chi connectivity index (χ2v) is 5.04. The zero-order valence-corrected chi connectivity index (χ0v) is 11.8. The molecule has 0 aliphatic rings. The van der Waals surface area contributed by atoms with E-state index in [1.807, 2.05) is 19.9 Å². The Labute approximate surface area is 104 Å². The highest BCUT2D eigenvalue weighted by atomic mass is 79.9. The third-order valence-electron chi connectivity index (χ3n) is 1.63. The van der Waals surface area contributed by atoms with E-state index < -0.39 is 0 Å². The normalized spacial score (nSPS) is 11.9. The Kier molecular flexibility index (Phi) is 4.47. The van der Waals surface area contributed by atoms with Crippen molar-refractivity contribution in [1.29, 1.82) is 0 Å². The fourth-order valence-electron chi connectivity index (χ4n) is 0.926. The van der Waals surface area contributed by atoms with Crippen molar-refractivity contribution < 1.29 is 4.79 Å². The number of hydrogen-bond acceptors (Lipinski definition) is 3. The van der Waals surface area contributed by atoms with Gasteiger partial charge in [-0.15, -0.1) is 11.3 Å². The first-order valence-electron chi connectivity index (χ1n) is 3.99. The van der Waals surface area contributed by atoms with Gasteiger partial charge in [-0.2, -0.15) is 0 Å². The molecule has 1 aromatic heterocycles. The molecule has 1 aromatic rings. The minimum absolute atomic E-state index is 0.0285. The van der Waals surface area contributed by atoms with Crippen LogP contribution in [0.5, 0.6) is 0 Å². The highest BCUT2D eigenvalue weighted by molar-refractivity contribution is 9.15. The van der Waals surface area contributed by atoms with Crippen molar-refractivity contribution in [3.05, 3.63) is 21.7 Å². The summed E-state index contributed by atoms with van der Waals surface area (Å²) in [7, 11) is 0. The van der Waals surface area contributed by atoms with E-state index in [-0.39, 0.29) is 5.78 Å². The Morgan fingerprint density at radius 3 is 2.79 bits per heavy atom. The SMILES string of the molecule is C/C=C(/Br)c1sc(C(=O)CBr)nc1C. The Balaban J connectivity index is 3.11. The third-order valence-corrected chi connectivity index (χ3v) is 4.48. The number of ketones is 1. The van der Waals surface area contributed by atoms with Crippen LogP contribution in [0.2, 0.25) is 0 Å². The molecule has 76 valence electrons. The van der Waals surface area contributed by atoms with Crippen LogP contribution >= 0.6 is 43.2 Å². The van der Waals surface area contributed by atoms with E-state index in [0.29, 0.717) is 10.3 Å². The monoisotopic (exact) mass is 337 g/mol. The average Bonchev–Trinajstić information content (AvgIpc) is 2.58. The van der Waals surface area contributed by atoms with E-state index in [2.05, 4.69) is 36.8 Å². The standard InChI is InChI=1S/C9H9Br2NOS/c1-3-6(11)8-5(2)12-9(14-8)7(13)4-10/h3H,4H2,1-2H3/b6-3+. The molecule has 0 N–H and O–H groups in total. The zero-order valence-electron chi connectivity index (χ0n) is 7.80. The first-order chi connectivity index (χ1) is 6.60. The van der Waals surface area contributed by atoms with Crippen LogP contribution in [0.4, 0.5) is 0 Å². The third kappa shape index (κ3) is 2.52. The molecule has 0 saturated carbocycles. The molecule has 0 amide bonds. The molecule has 0 spiro atoms. The first-order valence-corrected chi connectivity index (χ1v) is 6.72. The van der Waals surface area contributed by atoms with Crippen molar-refractivity contribution >= 4 is 53.5 Å². The highest BCUT2D eigenvalue weighted by Gasteiger charge is 2.14. The minimum atomic E-state index is 0.0285. The number of hydrogen-bond donors (Lipinski definition) is 0. The number of allylic oxidation sites excluding steroid dienone is 1. The van der Waals surface area contributed by atoms with Gasteiger partial charge in [0.15, 0.2) is 5.01 Å². The van der Waals surface area contributed by atoms with Gasteiger partial charge in [0, 0.05) is 4.48 Å². The van der Waals surface area contributed by atoms with E-state index in [1.54, 1.807) is 0 Å². The van der Waals surface area contributed by atoms with Crippen LogP contribution in [-0.2, 0) is 0 Å². The maximum Gasteiger partial charge on any atom is 0.201 e. The maximum absolute atomic E-state index is 11.4. The zero-order chi connectivity index (χ0) is 10.7. The summed E-state index contributed by atoms with van der Waals surface area (Å²) in [4.78, 5) is 16.6. The second-order valence-electron chi connectivity index (χ2n) is 2.63. The summed E-state index contributed by atoms with van der Waals surface area (Å²) in [5.41, 5.74) is 0.893. The largest absolute Gasteiger partial charge is 0.291 e. The Bertz CT molecular complexity index is 384. The fraction of sp³-hybridized carbons (Fsp3) is 0.333. The van der Waals surface area contributed by atoms with Gasteiger partial charge in [-0.25, -0.2) is 4.98 Å². The Morgan fingerprint density at radius 2 is 2.29 bits per heavy atom. The molecule has 14 heavy (non-hydrogen) atoms. The van der Waals surface area contributed by atoms with Crippen LogP contribution in [0.1, 0.15) is 27.3 Å². The first kappa shape index (κ1) is 12.1. The van der Waals surface area contributed by atoms with Gasteiger partial charge in [0.05, 0.1) is 15.9 Å². The molecular weight excluding hydrogens is 330 g/mol. The van der Waals surface area contributed by atoms with Gasteiger partial charge in [-0.05, 0) is 29.8 Å². The molecule has 5 heteroatoms. The topological polar surface area (TPSA) is 30.0 Å². The fourth-order valence-corrected chi connectivity index (χ4v) is 2.88. The molecule has 1 heterocycles. The van der Waals surface area contributed by atoms with Crippen LogP contribution in [0.3, 0.4) is 0 Å². The highest BCUT2D eigenvalue weighted by Crippen LogP contribution is 2.30. The number of carbonyl (C=O) groups excluding carboxylic acids is 1. The summed E-state index contributed by atoms with van der Waals surface area (Å²) in [5.74, 6) is 0.0285. The number of Topliss-reactive ketones (excluding diaryl/α,β-unsaturated/α-hetero) is 1. The lowest BCUT2D eigenvalue weighted by molar-refractivity contribution is 0.102. The number of carbonyl (C=O) groups is 1. The maximum atomic E-state index is 11.4. The number of halogens is 2. The predicted molar refractivity (Wildman–Crippen MR) is 67.6 cm³/mol. The van der Waals surface area contributed by atoms with Crippen molar-refractivity contribution in [2.24, 2.45) is 0 Å².